The maximum absolute atomic E-state index is 13.3. The zero-order valence-corrected chi connectivity index (χ0v) is 19.1. The topological polar surface area (TPSA) is 49.9 Å². The Kier molecular flexibility index (Phi) is 6.43. The standard InChI is InChI=1S/C21H19ClF6N2O3S/c22-13-4-1-3-12-11-14(34-15(12)13)16(31)30-8-2-5-19(30)6-9-29(10-7-19)18(32)33-17(20(23,24)25)21(26,27)28/h1,3-4,11,17H,2,5-10H2. The van der Waals surface area contributed by atoms with Crippen LogP contribution in [0.2, 0.25) is 5.02 Å². The molecule has 4 rings (SSSR count). The van der Waals surface area contributed by atoms with Gasteiger partial charge in [-0.15, -0.1) is 11.3 Å². The third-order valence-corrected chi connectivity index (χ3v) is 7.91. The minimum atomic E-state index is -5.77. The van der Waals surface area contributed by atoms with Crippen LogP contribution in [0.15, 0.2) is 24.3 Å². The lowest BCUT2D eigenvalue weighted by atomic mass is 9.85. The molecule has 0 saturated carbocycles. The minimum Gasteiger partial charge on any atom is -0.426 e. The first-order chi connectivity index (χ1) is 15.8. The molecule has 2 amide bonds. The number of carbonyl (C=O) groups excluding carboxylic acids is 2. The van der Waals surface area contributed by atoms with Gasteiger partial charge in [0.25, 0.3) is 12.0 Å². The van der Waals surface area contributed by atoms with Gasteiger partial charge in [-0.1, -0.05) is 23.7 Å². The molecule has 13 heteroatoms. The number of amides is 2. The molecule has 3 heterocycles. The van der Waals surface area contributed by atoms with Crippen molar-refractivity contribution >= 4 is 45.0 Å². The Balaban J connectivity index is 1.45. The Morgan fingerprint density at radius 2 is 1.68 bits per heavy atom. The van der Waals surface area contributed by atoms with E-state index < -0.39 is 30.1 Å². The number of rotatable bonds is 2. The van der Waals surface area contributed by atoms with Crippen molar-refractivity contribution in [3.63, 3.8) is 0 Å². The van der Waals surface area contributed by atoms with Gasteiger partial charge in [0.15, 0.2) is 0 Å². The van der Waals surface area contributed by atoms with Gasteiger partial charge in [0.1, 0.15) is 0 Å². The molecular formula is C21H19ClF6N2O3S. The van der Waals surface area contributed by atoms with Crippen molar-refractivity contribution < 1.29 is 40.7 Å². The van der Waals surface area contributed by atoms with Gasteiger partial charge >= 0.3 is 18.4 Å². The lowest BCUT2D eigenvalue weighted by molar-refractivity contribution is -0.308. The van der Waals surface area contributed by atoms with Crippen LogP contribution in [-0.2, 0) is 4.74 Å². The quantitative estimate of drug-likeness (QED) is 0.433. The number of thiophene rings is 1. The van der Waals surface area contributed by atoms with Gasteiger partial charge in [-0.2, -0.15) is 26.3 Å². The van der Waals surface area contributed by atoms with E-state index in [1.54, 1.807) is 23.1 Å². The van der Waals surface area contributed by atoms with Crippen molar-refractivity contribution in [2.75, 3.05) is 19.6 Å². The van der Waals surface area contributed by atoms with Crippen molar-refractivity contribution in [1.29, 1.82) is 0 Å². The highest BCUT2D eigenvalue weighted by Crippen LogP contribution is 2.42. The van der Waals surface area contributed by atoms with Gasteiger partial charge in [-0.05, 0) is 43.2 Å². The maximum Gasteiger partial charge on any atom is 0.434 e. The summed E-state index contributed by atoms with van der Waals surface area (Å²) in [5.74, 6) is -0.208. The third kappa shape index (κ3) is 4.66. The molecule has 2 aromatic rings. The summed E-state index contributed by atoms with van der Waals surface area (Å²) in [6, 6.07) is 7.09. The molecule has 1 aromatic heterocycles. The van der Waals surface area contributed by atoms with Crippen LogP contribution in [-0.4, -0.2) is 65.4 Å². The lowest BCUT2D eigenvalue weighted by Gasteiger charge is -2.44. The molecule has 0 N–H and O–H groups in total. The monoisotopic (exact) mass is 528 g/mol. The molecule has 0 aliphatic carbocycles. The van der Waals surface area contributed by atoms with Gasteiger partial charge in [0.05, 0.1) is 14.6 Å². The fraction of sp³-hybridized carbons (Fsp3) is 0.524. The van der Waals surface area contributed by atoms with Crippen LogP contribution in [0.4, 0.5) is 31.1 Å². The minimum absolute atomic E-state index is 0.122. The fourth-order valence-electron chi connectivity index (χ4n) is 4.64. The molecule has 0 radical (unpaired) electrons. The molecule has 0 atom stereocenters. The van der Waals surface area contributed by atoms with E-state index in [4.69, 9.17) is 11.6 Å². The highest BCUT2D eigenvalue weighted by molar-refractivity contribution is 7.21. The predicted octanol–water partition coefficient (Wildman–Crippen LogP) is 6.26. The molecule has 1 spiro atoms. The summed E-state index contributed by atoms with van der Waals surface area (Å²) < 4.78 is 80.9. The number of likely N-dealkylation sites (tertiary alicyclic amines) is 2. The Morgan fingerprint density at radius 3 is 2.26 bits per heavy atom. The van der Waals surface area contributed by atoms with E-state index in [1.807, 2.05) is 6.07 Å². The molecule has 2 saturated heterocycles. The van der Waals surface area contributed by atoms with E-state index in [0.29, 0.717) is 29.3 Å². The normalized spacial score (nSPS) is 18.8. The second-order valence-electron chi connectivity index (χ2n) is 8.39. The first-order valence-electron chi connectivity index (χ1n) is 10.4. The summed E-state index contributed by atoms with van der Waals surface area (Å²) in [6.45, 7) is 0.224. The molecule has 2 fully saturated rings. The summed E-state index contributed by atoms with van der Waals surface area (Å²) in [6.07, 6.45) is -15.6. The van der Waals surface area contributed by atoms with Crippen molar-refractivity contribution in [1.82, 2.24) is 9.80 Å². The van der Waals surface area contributed by atoms with Gasteiger partial charge in [-0.3, -0.25) is 4.79 Å². The number of hydrogen-bond donors (Lipinski definition) is 0. The maximum atomic E-state index is 13.3. The zero-order chi connectivity index (χ0) is 24.9. The predicted molar refractivity (Wildman–Crippen MR) is 113 cm³/mol. The summed E-state index contributed by atoms with van der Waals surface area (Å²) in [5.41, 5.74) is -0.624. The third-order valence-electron chi connectivity index (χ3n) is 6.31. The second kappa shape index (κ2) is 8.78. The second-order valence-corrected chi connectivity index (χ2v) is 9.85. The molecule has 2 aliphatic heterocycles. The molecule has 0 unspecified atom stereocenters. The number of piperidine rings is 1. The van der Waals surface area contributed by atoms with Gasteiger partial charge in [0.2, 0.25) is 0 Å². The van der Waals surface area contributed by atoms with Crippen LogP contribution in [0.1, 0.15) is 35.4 Å². The molecule has 34 heavy (non-hydrogen) atoms. The van der Waals surface area contributed by atoms with Crippen LogP contribution in [0.3, 0.4) is 0 Å². The summed E-state index contributed by atoms with van der Waals surface area (Å²) in [4.78, 5) is 28.4. The SMILES string of the molecule is O=C(OC(C(F)(F)F)C(F)(F)F)N1CCC2(CCCN2C(=O)c2cc3cccc(Cl)c3s2)CC1. The van der Waals surface area contributed by atoms with E-state index in [2.05, 4.69) is 4.74 Å². The van der Waals surface area contributed by atoms with Crippen LogP contribution in [0, 0.1) is 0 Å². The highest BCUT2D eigenvalue weighted by Gasteiger charge is 2.60. The Hall–Kier alpha value is -2.21. The zero-order valence-electron chi connectivity index (χ0n) is 17.5. The van der Waals surface area contributed by atoms with E-state index in [9.17, 15) is 35.9 Å². The summed E-state index contributed by atoms with van der Waals surface area (Å²) in [5, 5.41) is 1.36. The Morgan fingerprint density at radius 1 is 1.03 bits per heavy atom. The van der Waals surface area contributed by atoms with E-state index in [-0.39, 0.29) is 31.8 Å². The largest absolute Gasteiger partial charge is 0.434 e. The van der Waals surface area contributed by atoms with Crippen molar-refractivity contribution in [3.05, 3.63) is 34.2 Å². The van der Waals surface area contributed by atoms with Gasteiger partial charge in [-0.25, -0.2) is 4.79 Å². The van der Waals surface area contributed by atoms with E-state index >= 15 is 0 Å². The first kappa shape index (κ1) is 24.9. The van der Waals surface area contributed by atoms with Gasteiger partial charge in [0, 0.05) is 25.2 Å². The average molecular weight is 529 g/mol. The van der Waals surface area contributed by atoms with Crippen LogP contribution >= 0.6 is 22.9 Å². The van der Waals surface area contributed by atoms with E-state index in [1.165, 1.54) is 11.3 Å². The number of carbonyl (C=O) groups is 2. The van der Waals surface area contributed by atoms with Crippen molar-refractivity contribution in [2.45, 2.75) is 49.7 Å². The summed E-state index contributed by atoms with van der Waals surface area (Å²) >= 11 is 7.47. The highest BCUT2D eigenvalue weighted by atomic mass is 35.5. The molecule has 1 aromatic carbocycles. The smallest absolute Gasteiger partial charge is 0.426 e. The van der Waals surface area contributed by atoms with Crippen LogP contribution in [0.5, 0.6) is 0 Å². The molecular weight excluding hydrogens is 510 g/mol. The van der Waals surface area contributed by atoms with Crippen molar-refractivity contribution in [2.24, 2.45) is 0 Å². The summed E-state index contributed by atoms with van der Waals surface area (Å²) in [7, 11) is 0. The van der Waals surface area contributed by atoms with E-state index in [0.717, 1.165) is 15.0 Å². The Labute approximate surface area is 199 Å². The number of halogens is 7. The number of fused-ring (bicyclic) bond motifs is 1. The number of ether oxygens (including phenoxy) is 1. The molecule has 5 nitrogen and oxygen atoms in total. The average Bonchev–Trinajstić information content (AvgIpc) is 3.36. The molecule has 0 bridgehead atoms. The van der Waals surface area contributed by atoms with Crippen LogP contribution < -0.4 is 0 Å². The van der Waals surface area contributed by atoms with Crippen molar-refractivity contribution in [3.8, 4) is 0 Å². The number of alkyl halides is 6. The fourth-order valence-corrected chi connectivity index (χ4v) is 5.95. The molecule has 2 aliphatic rings. The number of hydrogen-bond acceptors (Lipinski definition) is 4. The molecule has 186 valence electrons. The van der Waals surface area contributed by atoms with Gasteiger partial charge < -0.3 is 14.5 Å². The number of benzene rings is 1. The first-order valence-corrected chi connectivity index (χ1v) is 11.6. The lowest BCUT2D eigenvalue weighted by Crippen LogP contribution is -2.56. The Bertz CT molecular complexity index is 1080. The van der Waals surface area contributed by atoms with Crippen LogP contribution in [0.25, 0.3) is 10.1 Å². The number of nitrogens with zero attached hydrogens (tertiary/aromatic N) is 2.